The van der Waals surface area contributed by atoms with E-state index in [1.54, 1.807) is 0 Å². The first kappa shape index (κ1) is 13.2. The molecule has 0 unspecified atom stereocenters. The Kier molecular flexibility index (Phi) is 4.50. The van der Waals surface area contributed by atoms with Crippen molar-refractivity contribution < 1.29 is 0 Å². The molecule has 0 atom stereocenters. The molecule has 0 aromatic carbocycles. The number of aryl methyl sites for hydroxylation is 1. The van der Waals surface area contributed by atoms with Crippen molar-refractivity contribution in [3.05, 3.63) is 18.2 Å². The van der Waals surface area contributed by atoms with Crippen molar-refractivity contribution in [2.24, 2.45) is 7.05 Å². The summed E-state index contributed by atoms with van der Waals surface area (Å²) in [7, 11) is 6.26. The molecule has 0 spiro atoms. The van der Waals surface area contributed by atoms with E-state index in [4.69, 9.17) is 0 Å². The minimum atomic E-state index is 0.196. The molecular weight excluding hydrogens is 200 g/mol. The minimum absolute atomic E-state index is 0.196. The molecule has 1 heterocycles. The third-order valence-corrected chi connectivity index (χ3v) is 3.21. The molecule has 0 radical (unpaired) electrons. The van der Waals surface area contributed by atoms with E-state index in [2.05, 4.69) is 47.7 Å². The number of hydrogen-bond acceptors (Lipinski definition) is 3. The Bertz CT molecular complexity index is 315. The molecule has 0 saturated carbocycles. The van der Waals surface area contributed by atoms with E-state index >= 15 is 0 Å². The summed E-state index contributed by atoms with van der Waals surface area (Å²) in [5, 5.41) is 3.48. The largest absolute Gasteiger partial charge is 0.338 e. The summed E-state index contributed by atoms with van der Waals surface area (Å²) in [6.45, 7) is 6.44. The number of nitrogens with zero attached hydrogens (tertiary/aromatic N) is 3. The average Bonchev–Trinajstić information content (AvgIpc) is 2.59. The van der Waals surface area contributed by atoms with Gasteiger partial charge in [-0.1, -0.05) is 0 Å². The zero-order valence-corrected chi connectivity index (χ0v) is 11.1. The summed E-state index contributed by atoms with van der Waals surface area (Å²) in [4.78, 5) is 6.53. The van der Waals surface area contributed by atoms with Crippen molar-refractivity contribution in [2.45, 2.75) is 25.8 Å². The molecule has 0 bridgehead atoms. The zero-order chi connectivity index (χ0) is 12.2. The first-order valence-corrected chi connectivity index (χ1v) is 5.78. The SMILES string of the molecule is CN(C)C(C)(C)CNCCc1nccn1C. The maximum atomic E-state index is 4.30. The van der Waals surface area contributed by atoms with Gasteiger partial charge in [-0.3, -0.25) is 0 Å². The Morgan fingerprint density at radius 2 is 2.12 bits per heavy atom. The lowest BCUT2D eigenvalue weighted by atomic mass is 10.0. The summed E-state index contributed by atoms with van der Waals surface area (Å²) in [5.74, 6) is 1.13. The Balaban J connectivity index is 2.25. The van der Waals surface area contributed by atoms with Gasteiger partial charge in [0.05, 0.1) is 0 Å². The fourth-order valence-electron chi connectivity index (χ4n) is 1.39. The van der Waals surface area contributed by atoms with Gasteiger partial charge in [0.2, 0.25) is 0 Å². The van der Waals surface area contributed by atoms with Gasteiger partial charge >= 0.3 is 0 Å². The van der Waals surface area contributed by atoms with Gasteiger partial charge in [0.25, 0.3) is 0 Å². The Morgan fingerprint density at radius 1 is 1.44 bits per heavy atom. The van der Waals surface area contributed by atoms with Gasteiger partial charge in [-0.15, -0.1) is 0 Å². The summed E-state index contributed by atoms with van der Waals surface area (Å²) in [6, 6.07) is 0. The number of likely N-dealkylation sites (N-methyl/N-ethyl adjacent to an activating group) is 1. The Morgan fingerprint density at radius 3 is 2.62 bits per heavy atom. The topological polar surface area (TPSA) is 33.1 Å². The molecule has 0 aliphatic heterocycles. The van der Waals surface area contributed by atoms with Gasteiger partial charge in [-0.25, -0.2) is 4.98 Å². The molecule has 1 aromatic rings. The van der Waals surface area contributed by atoms with Crippen LogP contribution in [0.1, 0.15) is 19.7 Å². The molecule has 1 aromatic heterocycles. The molecule has 16 heavy (non-hydrogen) atoms. The van der Waals surface area contributed by atoms with Gasteiger partial charge in [-0.2, -0.15) is 0 Å². The maximum absolute atomic E-state index is 4.30. The lowest BCUT2D eigenvalue weighted by Gasteiger charge is -2.32. The molecule has 4 heteroatoms. The Labute approximate surface area is 98.7 Å². The van der Waals surface area contributed by atoms with Gasteiger partial charge in [0.1, 0.15) is 5.82 Å². The highest BCUT2D eigenvalue weighted by Crippen LogP contribution is 2.07. The average molecular weight is 224 g/mol. The van der Waals surface area contributed by atoms with Crippen LogP contribution in [0.5, 0.6) is 0 Å². The van der Waals surface area contributed by atoms with Crippen LogP contribution in [0.15, 0.2) is 12.4 Å². The van der Waals surface area contributed by atoms with Crippen molar-refractivity contribution >= 4 is 0 Å². The highest BCUT2D eigenvalue weighted by molar-refractivity contribution is 4.91. The quantitative estimate of drug-likeness (QED) is 0.729. The third kappa shape index (κ3) is 3.61. The summed E-state index contributed by atoms with van der Waals surface area (Å²) in [5.41, 5.74) is 0.196. The minimum Gasteiger partial charge on any atom is -0.338 e. The lowest BCUT2D eigenvalue weighted by Crippen LogP contribution is -2.47. The number of nitrogens with one attached hydrogen (secondary N) is 1. The van der Waals surface area contributed by atoms with Crippen LogP contribution >= 0.6 is 0 Å². The number of hydrogen-bond donors (Lipinski definition) is 1. The molecular formula is C12H24N4. The van der Waals surface area contributed by atoms with Crippen molar-refractivity contribution in [3.63, 3.8) is 0 Å². The number of rotatable bonds is 6. The second-order valence-corrected chi connectivity index (χ2v) is 5.09. The predicted octanol–water partition coefficient (Wildman–Crippen LogP) is 0.892. The molecule has 0 amide bonds. The van der Waals surface area contributed by atoms with E-state index in [9.17, 15) is 0 Å². The van der Waals surface area contributed by atoms with Crippen LogP contribution in [-0.4, -0.2) is 47.2 Å². The maximum Gasteiger partial charge on any atom is 0.109 e. The molecule has 0 saturated heterocycles. The first-order chi connectivity index (χ1) is 7.43. The van der Waals surface area contributed by atoms with Crippen molar-refractivity contribution in [2.75, 3.05) is 27.2 Å². The van der Waals surface area contributed by atoms with Crippen molar-refractivity contribution in [1.29, 1.82) is 0 Å². The van der Waals surface area contributed by atoms with Crippen molar-refractivity contribution in [1.82, 2.24) is 19.8 Å². The van der Waals surface area contributed by atoms with Crippen LogP contribution in [0, 0.1) is 0 Å². The monoisotopic (exact) mass is 224 g/mol. The summed E-state index contributed by atoms with van der Waals surface area (Å²) in [6.07, 6.45) is 4.81. The molecule has 0 aliphatic rings. The Hall–Kier alpha value is -0.870. The van der Waals surface area contributed by atoms with Crippen LogP contribution in [-0.2, 0) is 13.5 Å². The molecule has 1 rings (SSSR count). The molecule has 92 valence electrons. The van der Waals surface area contributed by atoms with Crippen LogP contribution in [0.25, 0.3) is 0 Å². The van der Waals surface area contributed by atoms with Crippen molar-refractivity contribution in [3.8, 4) is 0 Å². The smallest absolute Gasteiger partial charge is 0.109 e. The zero-order valence-electron chi connectivity index (χ0n) is 11.1. The molecule has 0 aliphatic carbocycles. The van der Waals surface area contributed by atoms with Crippen LogP contribution in [0.4, 0.5) is 0 Å². The van der Waals surface area contributed by atoms with Crippen LogP contribution < -0.4 is 5.32 Å². The van der Waals surface area contributed by atoms with Gasteiger partial charge in [-0.05, 0) is 27.9 Å². The predicted molar refractivity (Wildman–Crippen MR) is 67.5 cm³/mol. The second kappa shape index (κ2) is 5.46. The van der Waals surface area contributed by atoms with E-state index in [0.29, 0.717) is 0 Å². The summed E-state index contributed by atoms with van der Waals surface area (Å²) < 4.78 is 2.07. The van der Waals surface area contributed by atoms with Gasteiger partial charge < -0.3 is 14.8 Å². The molecule has 4 nitrogen and oxygen atoms in total. The fraction of sp³-hybridized carbons (Fsp3) is 0.750. The standard InChI is InChI=1S/C12H24N4/c1-12(2,15(3)4)10-13-7-6-11-14-8-9-16(11)5/h8-9,13H,6-7,10H2,1-5H3. The summed E-state index contributed by atoms with van der Waals surface area (Å²) >= 11 is 0. The fourth-order valence-corrected chi connectivity index (χ4v) is 1.39. The van der Waals surface area contributed by atoms with Crippen LogP contribution in [0.3, 0.4) is 0 Å². The number of aromatic nitrogens is 2. The molecule has 1 N–H and O–H groups in total. The van der Waals surface area contributed by atoms with Gasteiger partial charge in [0, 0.05) is 44.5 Å². The van der Waals surface area contributed by atoms with Crippen LogP contribution in [0.2, 0.25) is 0 Å². The van der Waals surface area contributed by atoms with E-state index in [1.807, 2.05) is 19.4 Å². The van der Waals surface area contributed by atoms with E-state index in [0.717, 1.165) is 25.3 Å². The third-order valence-electron chi connectivity index (χ3n) is 3.21. The lowest BCUT2D eigenvalue weighted by molar-refractivity contribution is 0.190. The second-order valence-electron chi connectivity index (χ2n) is 5.09. The highest BCUT2D eigenvalue weighted by Gasteiger charge is 2.19. The van der Waals surface area contributed by atoms with E-state index < -0.39 is 0 Å². The van der Waals surface area contributed by atoms with E-state index in [-0.39, 0.29) is 5.54 Å². The first-order valence-electron chi connectivity index (χ1n) is 5.78. The van der Waals surface area contributed by atoms with Gasteiger partial charge in [0.15, 0.2) is 0 Å². The number of imidazole rings is 1. The highest BCUT2D eigenvalue weighted by atomic mass is 15.2. The normalized spacial score (nSPS) is 12.4. The molecule has 0 fully saturated rings. The van der Waals surface area contributed by atoms with E-state index in [1.165, 1.54) is 0 Å².